The molecule has 0 aromatic carbocycles. The van der Waals surface area contributed by atoms with Crippen LogP contribution in [0.1, 0.15) is 39.5 Å². The van der Waals surface area contributed by atoms with Crippen molar-refractivity contribution in [1.29, 1.82) is 0 Å². The molecular formula is C14H25N3O4. The lowest BCUT2D eigenvalue weighted by atomic mass is 9.76. The second-order valence-corrected chi connectivity index (χ2v) is 5.83. The topological polar surface area (TPSA) is 98.7 Å². The fourth-order valence-corrected chi connectivity index (χ4v) is 2.75. The van der Waals surface area contributed by atoms with Crippen molar-refractivity contribution in [2.75, 3.05) is 20.1 Å². The van der Waals surface area contributed by atoms with E-state index >= 15 is 0 Å². The Bertz CT molecular complexity index is 413. The molecule has 0 aromatic heterocycles. The van der Waals surface area contributed by atoms with E-state index in [1.807, 2.05) is 6.92 Å². The number of likely N-dealkylation sites (N-methyl/N-ethyl adjacent to an activating group) is 2. The minimum atomic E-state index is -1.22. The SMILES string of the molecule is CCNC(=O)CN(C)C(=O)NC1(C(=O)O)CCCC(C)C1. The van der Waals surface area contributed by atoms with Crippen molar-refractivity contribution in [2.45, 2.75) is 45.1 Å². The first-order valence-corrected chi connectivity index (χ1v) is 7.34. The van der Waals surface area contributed by atoms with Crippen LogP contribution in [0.25, 0.3) is 0 Å². The molecule has 1 saturated carbocycles. The fourth-order valence-electron chi connectivity index (χ4n) is 2.75. The highest BCUT2D eigenvalue weighted by Crippen LogP contribution is 2.32. The van der Waals surface area contributed by atoms with Gasteiger partial charge in [-0.05, 0) is 25.7 Å². The molecule has 1 aliphatic carbocycles. The van der Waals surface area contributed by atoms with Gasteiger partial charge in [-0.3, -0.25) is 4.79 Å². The smallest absolute Gasteiger partial charge is 0.329 e. The van der Waals surface area contributed by atoms with Crippen LogP contribution >= 0.6 is 0 Å². The van der Waals surface area contributed by atoms with Crippen LogP contribution in [0.15, 0.2) is 0 Å². The molecule has 3 amide bonds. The summed E-state index contributed by atoms with van der Waals surface area (Å²) < 4.78 is 0. The fraction of sp³-hybridized carbons (Fsp3) is 0.786. The van der Waals surface area contributed by atoms with E-state index in [9.17, 15) is 19.5 Å². The minimum Gasteiger partial charge on any atom is -0.480 e. The summed E-state index contributed by atoms with van der Waals surface area (Å²) in [5.74, 6) is -1.02. The third kappa shape index (κ3) is 4.61. The number of carbonyl (C=O) groups excluding carboxylic acids is 2. The van der Waals surface area contributed by atoms with Crippen LogP contribution in [-0.4, -0.2) is 53.6 Å². The highest BCUT2D eigenvalue weighted by molar-refractivity contribution is 5.88. The van der Waals surface area contributed by atoms with Gasteiger partial charge in [-0.15, -0.1) is 0 Å². The zero-order chi connectivity index (χ0) is 16.0. The third-order valence-corrected chi connectivity index (χ3v) is 3.85. The van der Waals surface area contributed by atoms with Gasteiger partial charge in [0.2, 0.25) is 5.91 Å². The number of hydrogen-bond donors (Lipinski definition) is 3. The van der Waals surface area contributed by atoms with E-state index in [1.54, 1.807) is 6.92 Å². The maximum absolute atomic E-state index is 12.1. The Balaban J connectivity index is 2.68. The molecule has 0 aromatic rings. The van der Waals surface area contributed by atoms with Crippen molar-refractivity contribution in [3.8, 4) is 0 Å². The van der Waals surface area contributed by atoms with Gasteiger partial charge < -0.3 is 20.6 Å². The maximum atomic E-state index is 12.1. The van der Waals surface area contributed by atoms with Gasteiger partial charge in [-0.2, -0.15) is 0 Å². The van der Waals surface area contributed by atoms with Crippen LogP contribution in [0.5, 0.6) is 0 Å². The van der Waals surface area contributed by atoms with Gasteiger partial charge >= 0.3 is 12.0 Å². The summed E-state index contributed by atoms with van der Waals surface area (Å²) >= 11 is 0. The molecule has 0 bridgehead atoms. The molecule has 2 unspecified atom stereocenters. The Morgan fingerprint density at radius 3 is 2.57 bits per heavy atom. The molecule has 7 heteroatoms. The molecule has 0 radical (unpaired) electrons. The van der Waals surface area contributed by atoms with Gasteiger partial charge in [-0.25, -0.2) is 9.59 Å². The molecule has 1 aliphatic rings. The van der Waals surface area contributed by atoms with Crippen molar-refractivity contribution < 1.29 is 19.5 Å². The van der Waals surface area contributed by atoms with Crippen LogP contribution in [0.3, 0.4) is 0 Å². The molecule has 1 rings (SSSR count). The number of amides is 3. The molecule has 0 aliphatic heterocycles. The van der Waals surface area contributed by atoms with Gasteiger partial charge in [-0.1, -0.05) is 19.8 Å². The number of rotatable bonds is 5. The summed E-state index contributed by atoms with van der Waals surface area (Å²) in [5, 5.41) is 14.7. The van der Waals surface area contributed by atoms with E-state index in [0.717, 1.165) is 12.8 Å². The summed E-state index contributed by atoms with van der Waals surface area (Å²) in [6, 6.07) is -0.530. The van der Waals surface area contributed by atoms with E-state index in [2.05, 4.69) is 10.6 Å². The molecule has 1 fully saturated rings. The van der Waals surface area contributed by atoms with Gasteiger partial charge in [0.25, 0.3) is 0 Å². The largest absolute Gasteiger partial charge is 0.480 e. The highest BCUT2D eigenvalue weighted by Gasteiger charge is 2.43. The van der Waals surface area contributed by atoms with Crippen LogP contribution in [0, 0.1) is 5.92 Å². The molecule has 0 spiro atoms. The first kappa shape index (κ1) is 17.3. The second-order valence-electron chi connectivity index (χ2n) is 5.83. The standard InChI is InChI=1S/C14H25N3O4/c1-4-15-11(18)9-17(3)13(21)16-14(12(19)20)7-5-6-10(2)8-14/h10H,4-9H2,1-3H3,(H,15,18)(H,16,21)(H,19,20). The summed E-state index contributed by atoms with van der Waals surface area (Å²) in [5.41, 5.74) is -1.22. The number of hydrogen-bond acceptors (Lipinski definition) is 3. The lowest BCUT2D eigenvalue weighted by molar-refractivity contribution is -0.146. The van der Waals surface area contributed by atoms with Gasteiger partial charge in [0, 0.05) is 13.6 Å². The number of aliphatic carboxylic acids is 1. The van der Waals surface area contributed by atoms with E-state index in [-0.39, 0.29) is 18.4 Å². The Kier molecular flexibility index (Phi) is 5.99. The number of carboxylic acid groups (broad SMARTS) is 1. The van der Waals surface area contributed by atoms with Crippen LogP contribution in [0.2, 0.25) is 0 Å². The molecule has 0 heterocycles. The summed E-state index contributed by atoms with van der Waals surface area (Å²) in [4.78, 5) is 36.4. The lowest BCUT2D eigenvalue weighted by Gasteiger charge is -2.38. The van der Waals surface area contributed by atoms with Gasteiger partial charge in [0.05, 0.1) is 0 Å². The van der Waals surface area contributed by atoms with E-state index < -0.39 is 17.5 Å². The highest BCUT2D eigenvalue weighted by atomic mass is 16.4. The average Bonchev–Trinajstić information content (AvgIpc) is 2.38. The molecule has 21 heavy (non-hydrogen) atoms. The van der Waals surface area contributed by atoms with Gasteiger partial charge in [0.1, 0.15) is 12.1 Å². The second kappa shape index (κ2) is 7.28. The maximum Gasteiger partial charge on any atom is 0.329 e. The average molecular weight is 299 g/mol. The molecule has 3 N–H and O–H groups in total. The van der Waals surface area contributed by atoms with Crippen molar-refractivity contribution in [3.63, 3.8) is 0 Å². The zero-order valence-corrected chi connectivity index (χ0v) is 12.9. The number of nitrogens with one attached hydrogen (secondary N) is 2. The third-order valence-electron chi connectivity index (χ3n) is 3.85. The Morgan fingerprint density at radius 1 is 1.38 bits per heavy atom. The van der Waals surface area contributed by atoms with Crippen molar-refractivity contribution in [2.24, 2.45) is 5.92 Å². The molecule has 120 valence electrons. The molecular weight excluding hydrogens is 274 g/mol. The minimum absolute atomic E-state index is 0.0923. The molecule has 2 atom stereocenters. The summed E-state index contributed by atoms with van der Waals surface area (Å²) in [6.45, 7) is 4.18. The van der Waals surface area contributed by atoms with Crippen LogP contribution in [0.4, 0.5) is 4.79 Å². The van der Waals surface area contributed by atoms with E-state index in [1.165, 1.54) is 11.9 Å². The monoisotopic (exact) mass is 299 g/mol. The number of carbonyl (C=O) groups is 3. The van der Waals surface area contributed by atoms with Crippen LogP contribution in [-0.2, 0) is 9.59 Å². The first-order chi connectivity index (χ1) is 9.80. The van der Waals surface area contributed by atoms with Crippen molar-refractivity contribution in [1.82, 2.24) is 15.5 Å². The number of urea groups is 1. The lowest BCUT2D eigenvalue weighted by Crippen LogP contribution is -2.59. The number of nitrogens with zero attached hydrogens (tertiary/aromatic N) is 1. The summed E-state index contributed by atoms with van der Waals surface area (Å²) in [6.07, 6.45) is 2.59. The molecule has 7 nitrogen and oxygen atoms in total. The van der Waals surface area contributed by atoms with E-state index in [4.69, 9.17) is 0 Å². The summed E-state index contributed by atoms with van der Waals surface area (Å²) in [7, 11) is 1.48. The molecule has 0 saturated heterocycles. The van der Waals surface area contributed by atoms with E-state index in [0.29, 0.717) is 19.4 Å². The van der Waals surface area contributed by atoms with Crippen molar-refractivity contribution in [3.05, 3.63) is 0 Å². The predicted octanol–water partition coefficient (Wildman–Crippen LogP) is 0.797. The van der Waals surface area contributed by atoms with Gasteiger partial charge in [0.15, 0.2) is 0 Å². The predicted molar refractivity (Wildman–Crippen MR) is 77.8 cm³/mol. The normalized spacial score (nSPS) is 25.0. The van der Waals surface area contributed by atoms with Crippen LogP contribution < -0.4 is 10.6 Å². The number of carboxylic acids is 1. The van der Waals surface area contributed by atoms with Crippen molar-refractivity contribution >= 4 is 17.9 Å². The Hall–Kier alpha value is -1.79. The first-order valence-electron chi connectivity index (χ1n) is 7.34. The Labute approximate surface area is 125 Å². The quantitative estimate of drug-likeness (QED) is 0.699. The zero-order valence-electron chi connectivity index (χ0n) is 12.9. The Morgan fingerprint density at radius 2 is 2.05 bits per heavy atom.